The molecular formula is C11H8ClFO. The minimum absolute atomic E-state index is 0.150. The van der Waals surface area contributed by atoms with Crippen LogP contribution in [0.3, 0.4) is 0 Å². The van der Waals surface area contributed by atoms with Crippen molar-refractivity contribution >= 4 is 28.1 Å². The Labute approximate surface area is 86.1 Å². The number of hydrogen-bond acceptors (Lipinski definition) is 1. The van der Waals surface area contributed by atoms with Gasteiger partial charge in [0.05, 0.1) is 0 Å². The molecule has 2 rings (SSSR count). The monoisotopic (exact) mass is 210 g/mol. The first kappa shape index (κ1) is 10.7. The van der Waals surface area contributed by atoms with E-state index in [9.17, 15) is 4.39 Å². The topological polar surface area (TPSA) is 17.1 Å². The molecule has 1 nitrogen and oxygen atoms in total. The third-order valence-corrected chi connectivity index (χ3v) is 1.74. The quantitative estimate of drug-likeness (QED) is 0.481. The molecule has 0 spiro atoms. The third-order valence-electron chi connectivity index (χ3n) is 1.74. The number of rotatable bonds is 0. The number of benzene rings is 2. The van der Waals surface area contributed by atoms with Crippen LogP contribution >= 0.6 is 11.6 Å². The highest BCUT2D eigenvalue weighted by molar-refractivity contribution is 6.54. The van der Waals surface area contributed by atoms with Crippen molar-refractivity contribution in [3.63, 3.8) is 0 Å². The predicted octanol–water partition coefficient (Wildman–Crippen LogP) is 3.39. The molecule has 2 aromatic rings. The molecule has 0 radical (unpaired) electrons. The Morgan fingerprint density at radius 1 is 1.07 bits per heavy atom. The molecule has 0 aromatic heterocycles. The van der Waals surface area contributed by atoms with Crippen molar-refractivity contribution in [1.82, 2.24) is 0 Å². The van der Waals surface area contributed by atoms with Crippen LogP contribution in [-0.2, 0) is 4.79 Å². The molecule has 72 valence electrons. The highest BCUT2D eigenvalue weighted by atomic mass is 35.5. The van der Waals surface area contributed by atoms with E-state index in [2.05, 4.69) is 11.6 Å². The molecule has 3 heteroatoms. The number of carbonyl (C=O) groups excluding carboxylic acids is 1. The summed E-state index contributed by atoms with van der Waals surface area (Å²) in [6.45, 7) is 0. The molecule has 14 heavy (non-hydrogen) atoms. The lowest BCUT2D eigenvalue weighted by atomic mass is 10.1. The molecule has 0 aliphatic heterocycles. The second-order valence-corrected chi connectivity index (χ2v) is 2.73. The molecule has 0 aliphatic carbocycles. The van der Waals surface area contributed by atoms with Crippen LogP contribution in [0, 0.1) is 5.82 Å². The van der Waals surface area contributed by atoms with E-state index >= 15 is 0 Å². The predicted molar refractivity (Wildman–Crippen MR) is 56.5 cm³/mol. The maximum absolute atomic E-state index is 13.0. The van der Waals surface area contributed by atoms with Gasteiger partial charge in [0.15, 0.2) is 0 Å². The molecular weight excluding hydrogens is 203 g/mol. The summed E-state index contributed by atoms with van der Waals surface area (Å²) < 4.78 is 13.0. The second kappa shape index (κ2) is 5.35. The van der Waals surface area contributed by atoms with Gasteiger partial charge in [0.1, 0.15) is 5.82 Å². The van der Waals surface area contributed by atoms with Crippen LogP contribution in [0.4, 0.5) is 4.39 Å². The fourth-order valence-electron chi connectivity index (χ4n) is 1.19. The van der Waals surface area contributed by atoms with Gasteiger partial charge in [-0.05, 0) is 23.1 Å². The van der Waals surface area contributed by atoms with Crippen LogP contribution in [0.1, 0.15) is 0 Å². The van der Waals surface area contributed by atoms with Gasteiger partial charge in [-0.3, -0.25) is 4.79 Å². The number of hydrogen-bond donors (Lipinski definition) is 0. The average molecular weight is 211 g/mol. The Morgan fingerprint density at radius 3 is 2.29 bits per heavy atom. The van der Waals surface area contributed by atoms with E-state index in [-0.39, 0.29) is 11.6 Å². The zero-order valence-corrected chi connectivity index (χ0v) is 8.04. The fourth-order valence-corrected chi connectivity index (χ4v) is 1.19. The first-order valence-corrected chi connectivity index (χ1v) is 4.40. The Kier molecular flexibility index (Phi) is 4.08. The number of carbonyl (C=O) groups is 1. The van der Waals surface area contributed by atoms with Crippen LogP contribution < -0.4 is 0 Å². The van der Waals surface area contributed by atoms with Gasteiger partial charge in [-0.15, -0.1) is 0 Å². The Hall–Kier alpha value is -1.41. The van der Waals surface area contributed by atoms with Gasteiger partial charge < -0.3 is 0 Å². The van der Waals surface area contributed by atoms with E-state index in [0.29, 0.717) is 5.39 Å². The van der Waals surface area contributed by atoms with Gasteiger partial charge in [0.2, 0.25) is 5.75 Å². The fraction of sp³-hybridized carbons (Fsp3) is 0. The number of fused-ring (bicyclic) bond motifs is 1. The van der Waals surface area contributed by atoms with Crippen LogP contribution in [-0.4, -0.2) is 5.75 Å². The van der Waals surface area contributed by atoms with E-state index in [1.807, 2.05) is 24.3 Å². The molecule has 0 bridgehead atoms. The van der Waals surface area contributed by atoms with E-state index in [1.165, 1.54) is 6.07 Å². The maximum Gasteiger partial charge on any atom is 0.208 e. The van der Waals surface area contributed by atoms with Crippen molar-refractivity contribution in [2.24, 2.45) is 0 Å². The molecule has 0 saturated carbocycles. The van der Waals surface area contributed by atoms with Crippen LogP contribution in [0.2, 0.25) is 0 Å². The van der Waals surface area contributed by atoms with Gasteiger partial charge in [0.25, 0.3) is 0 Å². The van der Waals surface area contributed by atoms with Gasteiger partial charge in [0, 0.05) is 5.39 Å². The summed E-state index contributed by atoms with van der Waals surface area (Å²) in [5.41, 5.74) is 0. The summed E-state index contributed by atoms with van der Waals surface area (Å²) in [5, 5.41) is 1.64. The largest absolute Gasteiger partial charge is 0.285 e. The van der Waals surface area contributed by atoms with E-state index in [4.69, 9.17) is 4.79 Å². The summed E-state index contributed by atoms with van der Waals surface area (Å²) in [6.07, 6.45) is 0. The van der Waals surface area contributed by atoms with Gasteiger partial charge in [-0.2, -0.15) is 0 Å². The SMILES string of the molecule is Fc1cccc2ccccc12.O=CCl. The minimum atomic E-state index is -0.150. The average Bonchev–Trinajstić information content (AvgIpc) is 2.20. The maximum atomic E-state index is 13.0. The molecule has 0 unspecified atom stereocenters. The Bertz CT molecular complexity index is 423. The van der Waals surface area contributed by atoms with Gasteiger partial charge in [-0.25, -0.2) is 4.39 Å². The smallest absolute Gasteiger partial charge is 0.208 e. The molecule has 2 aromatic carbocycles. The van der Waals surface area contributed by atoms with E-state index in [0.717, 1.165) is 5.39 Å². The molecule has 0 heterocycles. The number of halogens is 2. The zero-order chi connectivity index (χ0) is 10.4. The summed E-state index contributed by atoms with van der Waals surface area (Å²) >= 11 is 4.32. The lowest BCUT2D eigenvalue weighted by Crippen LogP contribution is -1.76. The standard InChI is InChI=1S/C10H7F.CHClO/c11-10-7-3-5-8-4-1-2-6-9(8)10;2-1-3/h1-7H;1H. The molecule has 0 aliphatic rings. The first-order chi connectivity index (χ1) is 6.79. The molecule has 0 fully saturated rings. The van der Waals surface area contributed by atoms with Gasteiger partial charge in [-0.1, -0.05) is 36.4 Å². The minimum Gasteiger partial charge on any atom is -0.285 e. The zero-order valence-electron chi connectivity index (χ0n) is 7.28. The summed E-state index contributed by atoms with van der Waals surface area (Å²) in [5.74, 6) is 0.0723. The lowest BCUT2D eigenvalue weighted by molar-refractivity contribution is 0.569. The summed E-state index contributed by atoms with van der Waals surface area (Å²) in [4.78, 5) is 8.57. The van der Waals surface area contributed by atoms with Crippen LogP contribution in [0.5, 0.6) is 0 Å². The molecule has 0 atom stereocenters. The van der Waals surface area contributed by atoms with Crippen LogP contribution in [0.15, 0.2) is 42.5 Å². The third kappa shape index (κ3) is 2.54. The molecule has 0 N–H and O–H groups in total. The van der Waals surface area contributed by atoms with Crippen LogP contribution in [0.25, 0.3) is 10.8 Å². The van der Waals surface area contributed by atoms with Crippen molar-refractivity contribution in [2.75, 3.05) is 0 Å². The Balaban J connectivity index is 0.000000293. The highest BCUT2D eigenvalue weighted by Crippen LogP contribution is 2.15. The molecule has 0 amide bonds. The van der Waals surface area contributed by atoms with E-state index < -0.39 is 0 Å². The van der Waals surface area contributed by atoms with Crippen molar-refractivity contribution < 1.29 is 9.18 Å². The van der Waals surface area contributed by atoms with Crippen molar-refractivity contribution in [3.8, 4) is 0 Å². The van der Waals surface area contributed by atoms with Crippen molar-refractivity contribution in [3.05, 3.63) is 48.3 Å². The normalized spacial score (nSPS) is 9.00. The van der Waals surface area contributed by atoms with Crippen molar-refractivity contribution in [1.29, 1.82) is 0 Å². The summed E-state index contributed by atoms with van der Waals surface area (Å²) in [6, 6.07) is 12.5. The Morgan fingerprint density at radius 2 is 1.64 bits per heavy atom. The first-order valence-electron chi connectivity index (χ1n) is 3.96. The summed E-state index contributed by atoms with van der Waals surface area (Å²) in [7, 11) is 0. The highest BCUT2D eigenvalue weighted by Gasteiger charge is 1.95. The van der Waals surface area contributed by atoms with Gasteiger partial charge >= 0.3 is 0 Å². The second-order valence-electron chi connectivity index (χ2n) is 2.55. The van der Waals surface area contributed by atoms with Crippen molar-refractivity contribution in [2.45, 2.75) is 0 Å². The molecule has 0 saturated heterocycles. The van der Waals surface area contributed by atoms with E-state index in [1.54, 1.807) is 12.1 Å². The lowest BCUT2D eigenvalue weighted by Gasteiger charge is -1.95.